The van der Waals surface area contributed by atoms with Gasteiger partial charge in [-0.25, -0.2) is 0 Å². The molecular weight excluding hydrogens is 246 g/mol. The molecule has 0 saturated carbocycles. The van der Waals surface area contributed by atoms with Crippen molar-refractivity contribution in [1.29, 1.82) is 0 Å². The summed E-state index contributed by atoms with van der Waals surface area (Å²) < 4.78 is 10.5. The highest BCUT2D eigenvalue weighted by Crippen LogP contribution is 2.31. The summed E-state index contributed by atoms with van der Waals surface area (Å²) in [5, 5.41) is 2.00. The van der Waals surface area contributed by atoms with Crippen molar-refractivity contribution < 1.29 is 9.47 Å². The Hall–Kier alpha value is -1.52. The van der Waals surface area contributed by atoms with Crippen LogP contribution < -0.4 is 15.2 Å². The number of hydrogen-bond acceptors (Lipinski definition) is 4. The van der Waals surface area contributed by atoms with E-state index in [1.807, 2.05) is 29.6 Å². The Balaban J connectivity index is 2.13. The molecule has 2 aromatic rings. The van der Waals surface area contributed by atoms with Crippen LogP contribution in [0.4, 0.5) is 0 Å². The monoisotopic (exact) mass is 263 g/mol. The molecule has 1 aromatic carbocycles. The molecule has 2 rings (SSSR count). The summed E-state index contributed by atoms with van der Waals surface area (Å²) >= 11 is 1.63. The second-order valence-corrected chi connectivity index (χ2v) is 4.96. The molecule has 0 aliphatic rings. The number of rotatable bonds is 5. The molecule has 0 spiro atoms. The summed E-state index contributed by atoms with van der Waals surface area (Å²) in [6, 6.07) is 9.88. The van der Waals surface area contributed by atoms with Crippen molar-refractivity contribution in [2.24, 2.45) is 5.73 Å². The van der Waals surface area contributed by atoms with E-state index in [0.717, 1.165) is 28.4 Å². The molecule has 4 heteroatoms. The maximum atomic E-state index is 6.23. The molecule has 1 unspecified atom stereocenters. The van der Waals surface area contributed by atoms with Crippen molar-refractivity contribution in [1.82, 2.24) is 0 Å². The van der Waals surface area contributed by atoms with Crippen LogP contribution >= 0.6 is 11.3 Å². The van der Waals surface area contributed by atoms with Crippen molar-refractivity contribution in [3.05, 3.63) is 46.2 Å². The molecular formula is C14H17NO2S. The van der Waals surface area contributed by atoms with Gasteiger partial charge in [0.1, 0.15) is 11.5 Å². The third kappa shape index (κ3) is 2.83. The van der Waals surface area contributed by atoms with E-state index >= 15 is 0 Å². The first-order valence-corrected chi connectivity index (χ1v) is 6.62. The first-order chi connectivity index (χ1) is 8.74. The molecule has 1 atom stereocenters. The lowest BCUT2D eigenvalue weighted by molar-refractivity contribution is 0.408. The molecule has 1 aromatic heterocycles. The van der Waals surface area contributed by atoms with Crippen molar-refractivity contribution in [2.75, 3.05) is 14.2 Å². The third-order valence-corrected chi connectivity index (χ3v) is 3.83. The van der Waals surface area contributed by atoms with Crippen LogP contribution in [0, 0.1) is 0 Å². The maximum absolute atomic E-state index is 6.23. The molecule has 18 heavy (non-hydrogen) atoms. The highest BCUT2D eigenvalue weighted by molar-refractivity contribution is 7.10. The molecule has 0 aliphatic heterocycles. The van der Waals surface area contributed by atoms with Gasteiger partial charge in [0.25, 0.3) is 0 Å². The number of nitrogens with two attached hydrogens (primary N) is 1. The largest absolute Gasteiger partial charge is 0.497 e. The van der Waals surface area contributed by atoms with Gasteiger partial charge in [-0.2, -0.15) is 0 Å². The minimum Gasteiger partial charge on any atom is -0.497 e. The number of thiophene rings is 1. The Kier molecular flexibility index (Phi) is 4.23. The van der Waals surface area contributed by atoms with Gasteiger partial charge in [0.15, 0.2) is 0 Å². The first-order valence-electron chi connectivity index (χ1n) is 5.74. The van der Waals surface area contributed by atoms with E-state index in [0.29, 0.717) is 0 Å². The molecule has 96 valence electrons. The van der Waals surface area contributed by atoms with Crippen molar-refractivity contribution >= 4 is 11.3 Å². The Morgan fingerprint density at radius 1 is 1.22 bits per heavy atom. The zero-order valence-electron chi connectivity index (χ0n) is 10.6. The van der Waals surface area contributed by atoms with Crippen LogP contribution in [-0.2, 0) is 6.42 Å². The quantitative estimate of drug-likeness (QED) is 0.902. The lowest BCUT2D eigenvalue weighted by atomic mass is 10.0. The van der Waals surface area contributed by atoms with Crippen LogP contribution in [0.3, 0.4) is 0 Å². The van der Waals surface area contributed by atoms with Gasteiger partial charge in [0.05, 0.1) is 19.1 Å². The first kappa shape index (κ1) is 12.9. The average molecular weight is 263 g/mol. The molecule has 3 nitrogen and oxygen atoms in total. The van der Waals surface area contributed by atoms with Crippen LogP contribution in [0.15, 0.2) is 35.7 Å². The van der Waals surface area contributed by atoms with Crippen LogP contribution in [0.2, 0.25) is 0 Å². The molecule has 0 aliphatic carbocycles. The smallest absolute Gasteiger partial charge is 0.134 e. The summed E-state index contributed by atoms with van der Waals surface area (Å²) in [4.78, 5) is 1.08. The fourth-order valence-electron chi connectivity index (χ4n) is 1.89. The van der Waals surface area contributed by atoms with Crippen LogP contribution in [0.1, 0.15) is 16.5 Å². The van der Waals surface area contributed by atoms with Gasteiger partial charge in [-0.15, -0.1) is 11.3 Å². The van der Waals surface area contributed by atoms with Crippen LogP contribution in [-0.4, -0.2) is 14.2 Å². The van der Waals surface area contributed by atoms with Crippen molar-refractivity contribution in [3.63, 3.8) is 0 Å². The number of methoxy groups -OCH3 is 2. The third-order valence-electron chi connectivity index (χ3n) is 2.80. The van der Waals surface area contributed by atoms with Crippen molar-refractivity contribution in [3.8, 4) is 11.5 Å². The Labute approximate surface area is 111 Å². The molecule has 1 heterocycles. The fourth-order valence-corrected chi connectivity index (χ4v) is 2.76. The Morgan fingerprint density at radius 2 is 2.06 bits per heavy atom. The second kappa shape index (κ2) is 5.89. The van der Waals surface area contributed by atoms with Gasteiger partial charge >= 0.3 is 0 Å². The van der Waals surface area contributed by atoms with Gasteiger partial charge in [-0.3, -0.25) is 0 Å². The molecule has 2 N–H and O–H groups in total. The highest BCUT2D eigenvalue weighted by Gasteiger charge is 2.14. The summed E-state index contributed by atoms with van der Waals surface area (Å²) in [6.07, 6.45) is 0.772. The van der Waals surface area contributed by atoms with E-state index in [1.165, 1.54) is 0 Å². The van der Waals surface area contributed by atoms with Crippen LogP contribution in [0.25, 0.3) is 0 Å². The van der Waals surface area contributed by atoms with Crippen molar-refractivity contribution in [2.45, 2.75) is 12.5 Å². The summed E-state index contributed by atoms with van der Waals surface area (Å²) in [6.45, 7) is 0. The van der Waals surface area contributed by atoms with E-state index in [9.17, 15) is 0 Å². The minimum atomic E-state index is -0.0490. The Bertz CT molecular complexity index is 510. The minimum absolute atomic E-state index is 0.0490. The molecule has 0 fully saturated rings. The summed E-state index contributed by atoms with van der Waals surface area (Å²) in [5.41, 5.74) is 7.39. The SMILES string of the molecule is COc1cccc(CC(N)c2sccc2OC)c1. The van der Waals surface area contributed by atoms with Gasteiger partial charge < -0.3 is 15.2 Å². The van der Waals surface area contributed by atoms with Gasteiger partial charge in [-0.1, -0.05) is 12.1 Å². The lowest BCUT2D eigenvalue weighted by Crippen LogP contribution is -2.12. The topological polar surface area (TPSA) is 44.5 Å². The van der Waals surface area contributed by atoms with Gasteiger partial charge in [0, 0.05) is 6.04 Å². The molecule has 0 radical (unpaired) electrons. The Morgan fingerprint density at radius 3 is 2.78 bits per heavy atom. The zero-order chi connectivity index (χ0) is 13.0. The number of hydrogen-bond donors (Lipinski definition) is 1. The predicted octanol–water partition coefficient (Wildman–Crippen LogP) is 3.01. The predicted molar refractivity (Wildman–Crippen MR) is 74.5 cm³/mol. The lowest BCUT2D eigenvalue weighted by Gasteiger charge is -2.12. The molecule has 0 bridgehead atoms. The average Bonchev–Trinajstić information content (AvgIpc) is 2.87. The molecule has 0 amide bonds. The van der Waals surface area contributed by atoms with E-state index < -0.39 is 0 Å². The van der Waals surface area contributed by atoms with Crippen LogP contribution in [0.5, 0.6) is 11.5 Å². The highest BCUT2D eigenvalue weighted by atomic mass is 32.1. The number of benzene rings is 1. The standard InChI is InChI=1S/C14H17NO2S/c1-16-11-5-3-4-10(8-11)9-12(15)14-13(17-2)6-7-18-14/h3-8,12H,9,15H2,1-2H3. The zero-order valence-corrected chi connectivity index (χ0v) is 11.4. The summed E-state index contributed by atoms with van der Waals surface area (Å²) in [5.74, 6) is 1.73. The van der Waals surface area contributed by atoms with Gasteiger partial charge in [0.2, 0.25) is 0 Å². The molecule has 0 saturated heterocycles. The normalized spacial score (nSPS) is 12.2. The fraction of sp³-hybridized carbons (Fsp3) is 0.286. The van der Waals surface area contributed by atoms with E-state index in [1.54, 1.807) is 25.6 Å². The maximum Gasteiger partial charge on any atom is 0.134 e. The second-order valence-electron chi connectivity index (χ2n) is 4.02. The van der Waals surface area contributed by atoms with Gasteiger partial charge in [-0.05, 0) is 35.6 Å². The van der Waals surface area contributed by atoms with E-state index in [-0.39, 0.29) is 6.04 Å². The number of ether oxygens (including phenoxy) is 2. The van der Waals surface area contributed by atoms with E-state index in [2.05, 4.69) is 6.07 Å². The summed E-state index contributed by atoms with van der Waals surface area (Å²) in [7, 11) is 3.34. The van der Waals surface area contributed by atoms with E-state index in [4.69, 9.17) is 15.2 Å².